The Morgan fingerprint density at radius 3 is 1.68 bits per heavy atom. The maximum atomic E-state index is 9.47. The van der Waals surface area contributed by atoms with E-state index in [2.05, 4.69) is 98.3 Å². The van der Waals surface area contributed by atoms with Gasteiger partial charge >= 0.3 is 0 Å². The van der Waals surface area contributed by atoms with Crippen molar-refractivity contribution in [2.75, 3.05) is 36.0 Å². The number of rotatable bonds is 4. The Bertz CT molecular complexity index is 1490. The molecule has 4 aliphatic heterocycles. The van der Waals surface area contributed by atoms with Crippen molar-refractivity contribution in [3.63, 3.8) is 0 Å². The summed E-state index contributed by atoms with van der Waals surface area (Å²) in [4.78, 5) is 5.18. The lowest BCUT2D eigenvalue weighted by Crippen LogP contribution is -2.34. The standard InChI is InChI=1S/C26H30N2.C13H17N.C2H4/c1-4-18(2)25-13-19(3)24(17-27)16-21(25)10-9-20-14-22-7-5-11-28-12-6-8-23(15-20)26(22)28;1-10-8-11-4-2-6-14-7-3-5-12(9-10)13(11)14;1-2/h9-10,13-16,18H,4-8,11-12H2,1-3H3;8-9H,2-7H2,1H3;1-2H2/b10-9+;;. The Morgan fingerprint density at radius 2 is 1.23 bits per heavy atom. The quantitative estimate of drug-likeness (QED) is 0.226. The van der Waals surface area contributed by atoms with E-state index in [1.165, 1.54) is 117 Å². The van der Waals surface area contributed by atoms with E-state index in [0.717, 1.165) is 17.5 Å². The van der Waals surface area contributed by atoms with Crippen LogP contribution in [-0.2, 0) is 25.7 Å². The van der Waals surface area contributed by atoms with Crippen LogP contribution in [0.3, 0.4) is 0 Å². The average molecular weight is 586 g/mol. The van der Waals surface area contributed by atoms with E-state index in [4.69, 9.17) is 0 Å². The first kappa shape index (κ1) is 31.6. The van der Waals surface area contributed by atoms with E-state index in [1.807, 2.05) is 6.92 Å². The third-order valence-corrected chi connectivity index (χ3v) is 9.98. The van der Waals surface area contributed by atoms with Crippen LogP contribution in [0.2, 0.25) is 0 Å². The van der Waals surface area contributed by atoms with Crippen LogP contribution in [0.4, 0.5) is 11.4 Å². The van der Waals surface area contributed by atoms with Crippen molar-refractivity contribution in [1.82, 2.24) is 0 Å². The monoisotopic (exact) mass is 585 g/mol. The molecule has 230 valence electrons. The summed E-state index contributed by atoms with van der Waals surface area (Å²) in [7, 11) is 0. The zero-order valence-electron chi connectivity index (χ0n) is 27.6. The summed E-state index contributed by atoms with van der Waals surface area (Å²) in [5, 5.41) is 9.47. The second-order valence-electron chi connectivity index (χ2n) is 13.1. The number of hydrogen-bond acceptors (Lipinski definition) is 3. The number of hydrogen-bond donors (Lipinski definition) is 0. The summed E-state index contributed by atoms with van der Waals surface area (Å²) < 4.78 is 0. The van der Waals surface area contributed by atoms with Crippen molar-refractivity contribution in [3.8, 4) is 6.07 Å². The first-order chi connectivity index (χ1) is 21.4. The lowest BCUT2D eigenvalue weighted by atomic mass is 9.88. The SMILES string of the molecule is C=C.CCC(C)c1cc(C)c(C#N)cc1/C=C/c1cc2c3c(c1)CCCN3CCC2.Cc1cc2c3c(c1)CCCN3CCC2. The molecular formula is C41H51N3. The summed E-state index contributed by atoms with van der Waals surface area (Å²) in [5.41, 5.74) is 16.5. The van der Waals surface area contributed by atoms with Gasteiger partial charge in [-0.2, -0.15) is 5.26 Å². The van der Waals surface area contributed by atoms with Crippen molar-refractivity contribution >= 4 is 23.5 Å². The van der Waals surface area contributed by atoms with Gasteiger partial charge in [0.15, 0.2) is 0 Å². The Balaban J connectivity index is 0.000000200. The number of nitriles is 1. The van der Waals surface area contributed by atoms with Crippen molar-refractivity contribution in [2.24, 2.45) is 0 Å². The molecule has 0 fully saturated rings. The third kappa shape index (κ3) is 6.66. The van der Waals surface area contributed by atoms with Crippen LogP contribution in [0.1, 0.15) is 108 Å². The summed E-state index contributed by atoms with van der Waals surface area (Å²) in [6, 6.07) is 16.2. The van der Waals surface area contributed by atoms with Crippen molar-refractivity contribution in [1.29, 1.82) is 5.26 Å². The Kier molecular flexibility index (Phi) is 10.3. The fraction of sp³-hybridized carbons (Fsp3) is 0.439. The predicted molar refractivity (Wildman–Crippen MR) is 190 cm³/mol. The van der Waals surface area contributed by atoms with E-state index < -0.39 is 0 Å². The van der Waals surface area contributed by atoms with E-state index in [0.29, 0.717) is 5.92 Å². The van der Waals surface area contributed by atoms with Crippen molar-refractivity contribution in [2.45, 2.75) is 91.4 Å². The second kappa shape index (κ2) is 14.3. The third-order valence-electron chi connectivity index (χ3n) is 9.98. The molecule has 44 heavy (non-hydrogen) atoms. The molecular weight excluding hydrogens is 534 g/mol. The number of anilines is 2. The lowest BCUT2D eigenvalue weighted by Gasteiger charge is -2.37. The number of aryl methyl sites for hydroxylation is 6. The molecule has 1 atom stereocenters. The minimum Gasteiger partial charge on any atom is -0.371 e. The first-order valence-electron chi connectivity index (χ1n) is 17.0. The van der Waals surface area contributed by atoms with Gasteiger partial charge in [-0.3, -0.25) is 0 Å². The van der Waals surface area contributed by atoms with Gasteiger partial charge < -0.3 is 9.80 Å². The normalized spacial score (nSPS) is 16.9. The summed E-state index contributed by atoms with van der Waals surface area (Å²) in [6.45, 7) is 19.8. The zero-order valence-corrected chi connectivity index (χ0v) is 27.6. The molecule has 0 radical (unpaired) electrons. The maximum absolute atomic E-state index is 9.47. The van der Waals surface area contributed by atoms with Gasteiger partial charge in [-0.1, -0.05) is 49.8 Å². The Morgan fingerprint density at radius 1 is 0.750 bits per heavy atom. The minimum atomic E-state index is 0.490. The highest BCUT2D eigenvalue weighted by Crippen LogP contribution is 2.37. The van der Waals surface area contributed by atoms with Gasteiger partial charge in [0.05, 0.1) is 11.6 Å². The molecule has 7 rings (SSSR count). The van der Waals surface area contributed by atoms with Gasteiger partial charge in [-0.05, 0) is 140 Å². The molecule has 1 unspecified atom stereocenters. The molecule has 0 aromatic heterocycles. The summed E-state index contributed by atoms with van der Waals surface area (Å²) >= 11 is 0. The van der Waals surface area contributed by atoms with Crippen LogP contribution in [-0.4, -0.2) is 26.2 Å². The van der Waals surface area contributed by atoms with Crippen LogP contribution in [0.5, 0.6) is 0 Å². The van der Waals surface area contributed by atoms with Crippen LogP contribution in [0.15, 0.2) is 49.6 Å². The molecule has 4 aliphatic rings. The highest BCUT2D eigenvalue weighted by molar-refractivity contribution is 5.76. The van der Waals surface area contributed by atoms with Gasteiger partial charge in [0.25, 0.3) is 0 Å². The lowest BCUT2D eigenvalue weighted by molar-refractivity contribution is 0.633. The molecule has 3 aromatic rings. The molecule has 0 amide bonds. The Labute approximate surface area is 266 Å². The molecule has 0 spiro atoms. The second-order valence-corrected chi connectivity index (χ2v) is 13.1. The van der Waals surface area contributed by atoms with E-state index in [-0.39, 0.29) is 0 Å². The average Bonchev–Trinajstić information content (AvgIpc) is 3.05. The molecule has 3 aromatic carbocycles. The van der Waals surface area contributed by atoms with E-state index in [1.54, 1.807) is 16.8 Å². The molecule has 3 nitrogen and oxygen atoms in total. The summed E-state index contributed by atoms with van der Waals surface area (Å²) in [5.74, 6) is 0.490. The van der Waals surface area contributed by atoms with Crippen molar-refractivity contribution in [3.05, 3.63) is 105 Å². The van der Waals surface area contributed by atoms with Crippen LogP contribution >= 0.6 is 0 Å². The highest BCUT2D eigenvalue weighted by Gasteiger charge is 2.25. The van der Waals surface area contributed by atoms with Gasteiger partial charge in [0, 0.05) is 37.6 Å². The minimum absolute atomic E-state index is 0.490. The molecule has 4 heterocycles. The van der Waals surface area contributed by atoms with Crippen LogP contribution in [0, 0.1) is 25.2 Å². The van der Waals surface area contributed by atoms with E-state index in [9.17, 15) is 5.26 Å². The first-order valence-corrected chi connectivity index (χ1v) is 17.0. The smallest absolute Gasteiger partial charge is 0.0994 e. The van der Waals surface area contributed by atoms with Gasteiger partial charge in [-0.25, -0.2) is 0 Å². The predicted octanol–water partition coefficient (Wildman–Crippen LogP) is 9.75. The molecule has 0 saturated carbocycles. The highest BCUT2D eigenvalue weighted by atomic mass is 15.1. The van der Waals surface area contributed by atoms with Gasteiger partial charge in [0.1, 0.15) is 0 Å². The maximum Gasteiger partial charge on any atom is 0.0994 e. The molecule has 0 aliphatic carbocycles. The Hall–Kier alpha value is -3.77. The largest absolute Gasteiger partial charge is 0.371 e. The van der Waals surface area contributed by atoms with Gasteiger partial charge in [0.2, 0.25) is 0 Å². The summed E-state index contributed by atoms with van der Waals surface area (Å²) in [6.07, 6.45) is 15.8. The van der Waals surface area contributed by atoms with Gasteiger partial charge in [-0.15, -0.1) is 13.2 Å². The molecule has 0 bridgehead atoms. The molecule has 0 N–H and O–H groups in total. The zero-order chi connectivity index (χ0) is 31.2. The van der Waals surface area contributed by atoms with E-state index >= 15 is 0 Å². The van der Waals surface area contributed by atoms with Crippen LogP contribution in [0.25, 0.3) is 12.2 Å². The van der Waals surface area contributed by atoms with Crippen LogP contribution < -0.4 is 9.80 Å². The van der Waals surface area contributed by atoms with Crippen molar-refractivity contribution < 1.29 is 0 Å². The fourth-order valence-corrected chi connectivity index (χ4v) is 7.75. The molecule has 3 heteroatoms. The molecule has 0 saturated heterocycles. The topological polar surface area (TPSA) is 30.3 Å². The number of benzene rings is 3. The number of nitrogens with zero attached hydrogens (tertiary/aromatic N) is 3. The fourth-order valence-electron chi connectivity index (χ4n) is 7.75.